The van der Waals surface area contributed by atoms with E-state index in [-0.39, 0.29) is 5.91 Å². The molecule has 0 aliphatic heterocycles. The first-order valence-corrected chi connectivity index (χ1v) is 7.96. The number of hydrogen-bond acceptors (Lipinski definition) is 2. The molecule has 1 aromatic carbocycles. The number of pyridine rings is 1. The van der Waals surface area contributed by atoms with E-state index in [9.17, 15) is 4.79 Å². The van der Waals surface area contributed by atoms with Crippen LogP contribution < -0.4 is 5.32 Å². The Morgan fingerprint density at radius 3 is 2.95 bits per heavy atom. The molecule has 5 heteroatoms. The molecule has 0 saturated heterocycles. The standard InChI is InChI=1S/C17H16BrN3O/c18-15-10-14(11-19-12-15)17(22)20-7-3-8-21-9-6-13-4-1-2-5-16(13)21/h1-2,4-6,9-12H,3,7-8H2,(H,20,22). The Kier molecular flexibility index (Phi) is 4.53. The number of amides is 1. The summed E-state index contributed by atoms with van der Waals surface area (Å²) in [5.74, 6) is -0.0915. The molecule has 0 spiro atoms. The van der Waals surface area contributed by atoms with Gasteiger partial charge in [0, 0.05) is 41.7 Å². The lowest BCUT2D eigenvalue weighted by atomic mass is 10.2. The highest BCUT2D eigenvalue weighted by Crippen LogP contribution is 2.15. The van der Waals surface area contributed by atoms with Crippen LogP contribution in [-0.4, -0.2) is 22.0 Å². The molecule has 2 aromatic heterocycles. The van der Waals surface area contributed by atoms with Crippen molar-refractivity contribution in [3.05, 3.63) is 65.0 Å². The molecule has 0 fully saturated rings. The minimum absolute atomic E-state index is 0.0915. The Labute approximate surface area is 137 Å². The van der Waals surface area contributed by atoms with Gasteiger partial charge in [-0.1, -0.05) is 18.2 Å². The van der Waals surface area contributed by atoms with E-state index in [4.69, 9.17) is 0 Å². The highest BCUT2D eigenvalue weighted by Gasteiger charge is 2.06. The zero-order valence-electron chi connectivity index (χ0n) is 12.0. The first-order chi connectivity index (χ1) is 10.7. The maximum Gasteiger partial charge on any atom is 0.252 e. The summed E-state index contributed by atoms with van der Waals surface area (Å²) in [6, 6.07) is 12.2. The molecule has 0 aliphatic carbocycles. The number of hydrogen-bond donors (Lipinski definition) is 1. The average Bonchev–Trinajstić information content (AvgIpc) is 2.95. The third-order valence-electron chi connectivity index (χ3n) is 3.51. The number of nitrogens with one attached hydrogen (secondary N) is 1. The molecule has 0 unspecified atom stereocenters. The molecular weight excluding hydrogens is 342 g/mol. The number of carbonyl (C=O) groups excluding carboxylic acids is 1. The third kappa shape index (κ3) is 3.36. The van der Waals surface area contributed by atoms with Gasteiger partial charge in [-0.2, -0.15) is 0 Å². The predicted octanol–water partition coefficient (Wildman–Crippen LogP) is 3.62. The molecule has 0 saturated carbocycles. The predicted molar refractivity (Wildman–Crippen MR) is 90.8 cm³/mol. The van der Waals surface area contributed by atoms with Crippen molar-refractivity contribution in [3.8, 4) is 0 Å². The number of fused-ring (bicyclic) bond motifs is 1. The number of para-hydroxylation sites is 1. The normalized spacial score (nSPS) is 10.8. The van der Waals surface area contributed by atoms with Gasteiger partial charge < -0.3 is 9.88 Å². The number of benzene rings is 1. The van der Waals surface area contributed by atoms with Crippen molar-refractivity contribution in [2.75, 3.05) is 6.54 Å². The Balaban J connectivity index is 1.52. The second-order valence-electron chi connectivity index (χ2n) is 5.07. The van der Waals surface area contributed by atoms with Gasteiger partial charge in [-0.05, 0) is 45.9 Å². The van der Waals surface area contributed by atoms with Gasteiger partial charge in [0.15, 0.2) is 0 Å². The fraction of sp³-hybridized carbons (Fsp3) is 0.176. The monoisotopic (exact) mass is 357 g/mol. The summed E-state index contributed by atoms with van der Waals surface area (Å²) in [5.41, 5.74) is 1.80. The Bertz CT molecular complexity index is 797. The molecule has 22 heavy (non-hydrogen) atoms. The van der Waals surface area contributed by atoms with Gasteiger partial charge in [-0.25, -0.2) is 0 Å². The quantitative estimate of drug-likeness (QED) is 0.708. The lowest BCUT2D eigenvalue weighted by Crippen LogP contribution is -2.25. The third-order valence-corrected chi connectivity index (χ3v) is 3.94. The largest absolute Gasteiger partial charge is 0.352 e. The minimum atomic E-state index is -0.0915. The number of nitrogens with zero attached hydrogens (tertiary/aromatic N) is 2. The van der Waals surface area contributed by atoms with Gasteiger partial charge in [0.1, 0.15) is 0 Å². The SMILES string of the molecule is O=C(NCCCn1ccc2ccccc21)c1cncc(Br)c1. The van der Waals surface area contributed by atoms with E-state index in [1.807, 2.05) is 12.1 Å². The van der Waals surface area contributed by atoms with Crippen LogP contribution in [0.25, 0.3) is 10.9 Å². The molecule has 0 aliphatic rings. The molecule has 2 heterocycles. The lowest BCUT2D eigenvalue weighted by molar-refractivity contribution is 0.0952. The number of aryl methyl sites for hydroxylation is 1. The van der Waals surface area contributed by atoms with Crippen LogP contribution in [0.2, 0.25) is 0 Å². The summed E-state index contributed by atoms with van der Waals surface area (Å²) in [6.07, 6.45) is 6.20. The van der Waals surface area contributed by atoms with Gasteiger partial charge in [-0.3, -0.25) is 9.78 Å². The molecule has 1 amide bonds. The van der Waals surface area contributed by atoms with E-state index < -0.39 is 0 Å². The first-order valence-electron chi connectivity index (χ1n) is 7.17. The number of aromatic nitrogens is 2. The Hall–Kier alpha value is -2.14. The van der Waals surface area contributed by atoms with Crippen molar-refractivity contribution in [2.24, 2.45) is 0 Å². The number of halogens is 1. The van der Waals surface area contributed by atoms with Crippen molar-refractivity contribution in [3.63, 3.8) is 0 Å². The number of carbonyl (C=O) groups is 1. The highest BCUT2D eigenvalue weighted by atomic mass is 79.9. The minimum Gasteiger partial charge on any atom is -0.352 e. The summed E-state index contributed by atoms with van der Waals surface area (Å²) >= 11 is 3.32. The van der Waals surface area contributed by atoms with Gasteiger partial charge in [0.25, 0.3) is 5.91 Å². The zero-order chi connectivity index (χ0) is 15.4. The van der Waals surface area contributed by atoms with Crippen molar-refractivity contribution >= 4 is 32.7 Å². The number of rotatable bonds is 5. The molecule has 3 aromatic rings. The molecule has 0 bridgehead atoms. The van der Waals surface area contributed by atoms with E-state index in [0.29, 0.717) is 12.1 Å². The van der Waals surface area contributed by atoms with Crippen LogP contribution in [0, 0.1) is 0 Å². The van der Waals surface area contributed by atoms with Crippen LogP contribution in [0.4, 0.5) is 0 Å². The molecule has 1 N–H and O–H groups in total. The van der Waals surface area contributed by atoms with Crippen LogP contribution in [-0.2, 0) is 6.54 Å². The van der Waals surface area contributed by atoms with Gasteiger partial charge in [0.2, 0.25) is 0 Å². The van der Waals surface area contributed by atoms with Crippen LogP contribution in [0.3, 0.4) is 0 Å². The van der Waals surface area contributed by atoms with E-state index in [1.165, 1.54) is 10.9 Å². The lowest BCUT2D eigenvalue weighted by Gasteiger charge is -2.07. The topological polar surface area (TPSA) is 46.9 Å². The van der Waals surface area contributed by atoms with Gasteiger partial charge in [0.05, 0.1) is 5.56 Å². The van der Waals surface area contributed by atoms with Crippen molar-refractivity contribution in [1.29, 1.82) is 0 Å². The van der Waals surface area contributed by atoms with E-state index in [2.05, 4.69) is 55.2 Å². The second kappa shape index (κ2) is 6.75. The van der Waals surface area contributed by atoms with E-state index in [1.54, 1.807) is 18.5 Å². The zero-order valence-corrected chi connectivity index (χ0v) is 13.6. The summed E-state index contributed by atoms with van der Waals surface area (Å²) in [6.45, 7) is 1.52. The summed E-state index contributed by atoms with van der Waals surface area (Å²) < 4.78 is 3.02. The van der Waals surface area contributed by atoms with Crippen molar-refractivity contribution < 1.29 is 4.79 Å². The van der Waals surface area contributed by atoms with Crippen LogP contribution in [0.5, 0.6) is 0 Å². The van der Waals surface area contributed by atoms with Crippen LogP contribution >= 0.6 is 15.9 Å². The van der Waals surface area contributed by atoms with Gasteiger partial charge >= 0.3 is 0 Å². The molecule has 0 atom stereocenters. The molecule has 3 rings (SSSR count). The summed E-state index contributed by atoms with van der Waals surface area (Å²) in [5, 5.41) is 4.17. The Morgan fingerprint density at radius 2 is 2.09 bits per heavy atom. The fourth-order valence-electron chi connectivity index (χ4n) is 2.43. The Morgan fingerprint density at radius 1 is 1.23 bits per heavy atom. The van der Waals surface area contributed by atoms with E-state index >= 15 is 0 Å². The summed E-state index contributed by atoms with van der Waals surface area (Å²) in [7, 11) is 0. The van der Waals surface area contributed by atoms with Crippen LogP contribution in [0.1, 0.15) is 16.8 Å². The second-order valence-corrected chi connectivity index (χ2v) is 5.98. The maximum atomic E-state index is 12.0. The van der Waals surface area contributed by atoms with E-state index in [0.717, 1.165) is 17.4 Å². The maximum absolute atomic E-state index is 12.0. The van der Waals surface area contributed by atoms with Crippen molar-refractivity contribution in [2.45, 2.75) is 13.0 Å². The molecule has 112 valence electrons. The molecule has 0 radical (unpaired) electrons. The molecule has 4 nitrogen and oxygen atoms in total. The van der Waals surface area contributed by atoms with Gasteiger partial charge in [-0.15, -0.1) is 0 Å². The smallest absolute Gasteiger partial charge is 0.252 e. The first kappa shape index (κ1) is 14.8. The molecular formula is C17H16BrN3O. The van der Waals surface area contributed by atoms with Crippen LogP contribution in [0.15, 0.2) is 59.5 Å². The average molecular weight is 358 g/mol. The summed E-state index contributed by atoms with van der Waals surface area (Å²) in [4.78, 5) is 16.0. The van der Waals surface area contributed by atoms with Crippen molar-refractivity contribution in [1.82, 2.24) is 14.9 Å². The highest BCUT2D eigenvalue weighted by molar-refractivity contribution is 9.10. The fourth-order valence-corrected chi connectivity index (χ4v) is 2.79.